The van der Waals surface area contributed by atoms with Crippen LogP contribution in [-0.2, 0) is 9.53 Å². The Morgan fingerprint density at radius 3 is 3.18 bits per heavy atom. The molecule has 0 radical (unpaired) electrons. The van der Waals surface area contributed by atoms with Crippen molar-refractivity contribution in [3.05, 3.63) is 24.1 Å². The molecule has 0 aliphatic carbocycles. The van der Waals surface area contributed by atoms with Crippen LogP contribution in [-0.4, -0.2) is 24.2 Å². The average molecular weight is 155 g/mol. The highest BCUT2D eigenvalue weighted by Crippen LogP contribution is 1.97. The van der Waals surface area contributed by atoms with E-state index in [1.54, 1.807) is 18.4 Å². The summed E-state index contributed by atoms with van der Waals surface area (Å²) in [5, 5.41) is 11.0. The standard InChI is InChI=1S/C7H9NO3/c9-7(10)4-8-6-2-1-3-11-5-6/h1-3,8H,4-5H2,(H,9,10). The Hall–Kier alpha value is -1.45. The van der Waals surface area contributed by atoms with Gasteiger partial charge in [-0.2, -0.15) is 0 Å². The molecule has 0 atom stereocenters. The number of allylic oxidation sites excluding steroid dienone is 2. The molecule has 1 heterocycles. The largest absolute Gasteiger partial charge is 0.495 e. The van der Waals surface area contributed by atoms with E-state index in [4.69, 9.17) is 9.84 Å². The lowest BCUT2D eigenvalue weighted by Gasteiger charge is -2.10. The minimum absolute atomic E-state index is 0.0664. The SMILES string of the molecule is O=C(O)CNC1=CC=COC1. The molecule has 0 bridgehead atoms. The van der Waals surface area contributed by atoms with Gasteiger partial charge in [-0.15, -0.1) is 0 Å². The summed E-state index contributed by atoms with van der Waals surface area (Å²) in [6.07, 6.45) is 5.06. The quantitative estimate of drug-likeness (QED) is 0.606. The zero-order chi connectivity index (χ0) is 8.10. The first-order valence-corrected chi connectivity index (χ1v) is 3.22. The van der Waals surface area contributed by atoms with Crippen LogP contribution in [0, 0.1) is 0 Å². The zero-order valence-electron chi connectivity index (χ0n) is 5.91. The van der Waals surface area contributed by atoms with E-state index in [1.807, 2.05) is 0 Å². The van der Waals surface area contributed by atoms with Gasteiger partial charge in [0, 0.05) is 5.70 Å². The Kier molecular flexibility index (Phi) is 2.54. The third-order valence-corrected chi connectivity index (χ3v) is 1.18. The van der Waals surface area contributed by atoms with Crippen LogP contribution < -0.4 is 5.32 Å². The fraction of sp³-hybridized carbons (Fsp3) is 0.286. The van der Waals surface area contributed by atoms with Crippen molar-refractivity contribution in [3.8, 4) is 0 Å². The van der Waals surface area contributed by atoms with Crippen molar-refractivity contribution < 1.29 is 14.6 Å². The fourth-order valence-electron chi connectivity index (χ4n) is 0.696. The van der Waals surface area contributed by atoms with Crippen LogP contribution in [0.2, 0.25) is 0 Å². The van der Waals surface area contributed by atoms with Crippen molar-refractivity contribution >= 4 is 5.97 Å². The van der Waals surface area contributed by atoms with Crippen LogP contribution in [0.1, 0.15) is 0 Å². The average Bonchev–Trinajstić information content (AvgIpc) is 2.03. The summed E-state index contributed by atoms with van der Waals surface area (Å²) < 4.78 is 4.91. The molecule has 0 aromatic rings. The molecule has 0 saturated heterocycles. The molecule has 60 valence electrons. The van der Waals surface area contributed by atoms with Gasteiger partial charge in [0.25, 0.3) is 0 Å². The number of aliphatic carboxylic acids is 1. The highest BCUT2D eigenvalue weighted by molar-refractivity contribution is 5.69. The normalized spacial score (nSPS) is 15.1. The Labute approximate surface area is 64.2 Å². The minimum Gasteiger partial charge on any atom is -0.495 e. The van der Waals surface area contributed by atoms with Crippen molar-refractivity contribution in [1.82, 2.24) is 5.32 Å². The van der Waals surface area contributed by atoms with Crippen LogP contribution in [0.4, 0.5) is 0 Å². The second-order valence-corrected chi connectivity index (χ2v) is 2.08. The van der Waals surface area contributed by atoms with E-state index in [9.17, 15) is 4.79 Å². The van der Waals surface area contributed by atoms with E-state index in [2.05, 4.69) is 5.32 Å². The lowest BCUT2D eigenvalue weighted by atomic mass is 10.3. The third kappa shape index (κ3) is 2.75. The molecule has 0 saturated carbocycles. The number of hydrogen-bond donors (Lipinski definition) is 2. The Bertz CT molecular complexity index is 208. The van der Waals surface area contributed by atoms with Gasteiger partial charge < -0.3 is 15.2 Å². The predicted octanol–water partition coefficient (Wildman–Crippen LogP) is 0.0884. The number of carbonyl (C=O) groups is 1. The van der Waals surface area contributed by atoms with Crippen LogP contribution in [0.15, 0.2) is 24.1 Å². The molecule has 2 N–H and O–H groups in total. The monoisotopic (exact) mass is 155 g/mol. The smallest absolute Gasteiger partial charge is 0.322 e. The van der Waals surface area contributed by atoms with E-state index in [1.165, 1.54) is 0 Å². The second-order valence-electron chi connectivity index (χ2n) is 2.08. The van der Waals surface area contributed by atoms with Gasteiger partial charge in [0.05, 0.1) is 6.26 Å². The van der Waals surface area contributed by atoms with E-state index < -0.39 is 5.97 Å². The molecular weight excluding hydrogens is 146 g/mol. The third-order valence-electron chi connectivity index (χ3n) is 1.18. The second kappa shape index (κ2) is 3.65. The minimum atomic E-state index is -0.875. The number of nitrogens with one attached hydrogen (secondary N) is 1. The molecule has 4 heteroatoms. The summed E-state index contributed by atoms with van der Waals surface area (Å²) >= 11 is 0. The first kappa shape index (κ1) is 7.65. The van der Waals surface area contributed by atoms with Crippen molar-refractivity contribution in [2.24, 2.45) is 0 Å². The van der Waals surface area contributed by atoms with E-state index in [0.29, 0.717) is 6.61 Å². The van der Waals surface area contributed by atoms with Gasteiger partial charge in [0.1, 0.15) is 13.2 Å². The molecule has 0 amide bonds. The summed E-state index contributed by atoms with van der Waals surface area (Å²) in [7, 11) is 0. The molecule has 1 rings (SSSR count). The van der Waals surface area contributed by atoms with Crippen molar-refractivity contribution in [2.75, 3.05) is 13.2 Å². The maximum Gasteiger partial charge on any atom is 0.322 e. The lowest BCUT2D eigenvalue weighted by Crippen LogP contribution is -2.24. The van der Waals surface area contributed by atoms with Gasteiger partial charge >= 0.3 is 5.97 Å². The number of rotatable bonds is 3. The van der Waals surface area contributed by atoms with Crippen LogP contribution >= 0.6 is 0 Å². The highest BCUT2D eigenvalue weighted by Gasteiger charge is 2.00. The van der Waals surface area contributed by atoms with Crippen LogP contribution in [0.5, 0.6) is 0 Å². The van der Waals surface area contributed by atoms with Gasteiger partial charge in [-0.3, -0.25) is 4.79 Å². The summed E-state index contributed by atoms with van der Waals surface area (Å²) in [4.78, 5) is 10.1. The summed E-state index contributed by atoms with van der Waals surface area (Å²) in [6.45, 7) is 0.354. The molecule has 4 nitrogen and oxygen atoms in total. The van der Waals surface area contributed by atoms with Gasteiger partial charge in [0.15, 0.2) is 0 Å². The fourth-order valence-corrected chi connectivity index (χ4v) is 0.696. The molecule has 11 heavy (non-hydrogen) atoms. The van der Waals surface area contributed by atoms with E-state index in [0.717, 1.165) is 5.70 Å². The first-order valence-electron chi connectivity index (χ1n) is 3.22. The van der Waals surface area contributed by atoms with E-state index in [-0.39, 0.29) is 6.54 Å². The first-order chi connectivity index (χ1) is 5.29. The number of ether oxygens (including phenoxy) is 1. The van der Waals surface area contributed by atoms with Gasteiger partial charge in [0.2, 0.25) is 0 Å². The number of carboxylic acid groups (broad SMARTS) is 1. The summed E-state index contributed by atoms with van der Waals surface area (Å²) in [6, 6.07) is 0. The molecule has 0 aromatic heterocycles. The topological polar surface area (TPSA) is 58.6 Å². The summed E-state index contributed by atoms with van der Waals surface area (Å²) in [5.74, 6) is -0.875. The lowest BCUT2D eigenvalue weighted by molar-refractivity contribution is -0.135. The molecule has 0 spiro atoms. The van der Waals surface area contributed by atoms with Crippen molar-refractivity contribution in [3.63, 3.8) is 0 Å². The molecular formula is C7H9NO3. The highest BCUT2D eigenvalue weighted by atomic mass is 16.5. The van der Waals surface area contributed by atoms with Gasteiger partial charge in [-0.05, 0) is 12.2 Å². The summed E-state index contributed by atoms with van der Waals surface area (Å²) in [5.41, 5.74) is 0.787. The molecule has 0 aromatic carbocycles. The number of hydrogen-bond acceptors (Lipinski definition) is 3. The van der Waals surface area contributed by atoms with Crippen LogP contribution in [0.3, 0.4) is 0 Å². The zero-order valence-corrected chi connectivity index (χ0v) is 5.91. The van der Waals surface area contributed by atoms with Crippen molar-refractivity contribution in [2.45, 2.75) is 0 Å². The maximum atomic E-state index is 10.1. The Morgan fingerprint density at radius 1 is 1.82 bits per heavy atom. The number of carboxylic acids is 1. The Morgan fingerprint density at radius 2 is 2.64 bits per heavy atom. The maximum absolute atomic E-state index is 10.1. The van der Waals surface area contributed by atoms with E-state index >= 15 is 0 Å². The Balaban J connectivity index is 2.31. The molecule has 0 unspecified atom stereocenters. The predicted molar refractivity (Wildman–Crippen MR) is 38.8 cm³/mol. The van der Waals surface area contributed by atoms with Gasteiger partial charge in [-0.25, -0.2) is 0 Å². The molecule has 1 aliphatic rings. The van der Waals surface area contributed by atoms with Gasteiger partial charge in [-0.1, -0.05) is 0 Å². The molecule has 1 aliphatic heterocycles. The molecule has 0 fully saturated rings. The van der Waals surface area contributed by atoms with Crippen LogP contribution in [0.25, 0.3) is 0 Å². The van der Waals surface area contributed by atoms with Crippen molar-refractivity contribution in [1.29, 1.82) is 0 Å².